The van der Waals surface area contributed by atoms with Gasteiger partial charge in [-0.25, -0.2) is 18.1 Å². The average molecular weight is 436 g/mol. The van der Waals surface area contributed by atoms with Gasteiger partial charge >= 0.3 is 6.18 Å². The van der Waals surface area contributed by atoms with Crippen LogP contribution in [0.4, 0.5) is 18.9 Å². The Labute approximate surface area is 172 Å². The minimum atomic E-state index is -4.38. The van der Waals surface area contributed by atoms with E-state index in [2.05, 4.69) is 9.71 Å². The van der Waals surface area contributed by atoms with E-state index in [1.54, 1.807) is 18.5 Å². The zero-order valence-corrected chi connectivity index (χ0v) is 17.0. The first-order chi connectivity index (χ1) is 14.1. The highest BCUT2D eigenvalue weighted by molar-refractivity contribution is 7.89. The van der Waals surface area contributed by atoms with Crippen LogP contribution in [0.5, 0.6) is 0 Å². The smallest absolute Gasteiger partial charge is 0.361 e. The van der Waals surface area contributed by atoms with Gasteiger partial charge in [-0.1, -0.05) is 12.1 Å². The number of halogens is 3. The van der Waals surface area contributed by atoms with E-state index < -0.39 is 21.8 Å². The third-order valence-electron chi connectivity index (χ3n) is 5.20. The molecule has 1 aliphatic heterocycles. The van der Waals surface area contributed by atoms with Crippen LogP contribution in [-0.4, -0.2) is 25.0 Å². The Morgan fingerprint density at radius 1 is 1.13 bits per heavy atom. The number of sulfonamides is 1. The Balaban J connectivity index is 1.74. The molecule has 0 atom stereocenters. The summed E-state index contributed by atoms with van der Waals surface area (Å²) in [4.78, 5) is 6.54. The lowest BCUT2D eigenvalue weighted by Gasteiger charge is -2.32. The predicted octanol–water partition coefficient (Wildman–Crippen LogP) is 3.53. The minimum Gasteiger partial charge on any atom is -0.361 e. The number of hydrogen-bond acceptors (Lipinski definition) is 4. The Morgan fingerprint density at radius 2 is 1.83 bits per heavy atom. The quantitative estimate of drug-likeness (QED) is 0.680. The standard InChI is InChI=1S/C20H19F3N4O2S/c1-24-30(28,29)15-7-8-17-16(9-15)19-18(26(2)12-25-19)11-27(17)10-13-3-5-14(6-4-13)20(21,22)23/h3-9,12,24H,10-11H2,1-2H3. The van der Waals surface area contributed by atoms with Crippen LogP contribution in [0.15, 0.2) is 53.7 Å². The second kappa shape index (κ2) is 7.13. The second-order valence-corrected chi connectivity index (χ2v) is 8.97. The molecule has 0 saturated heterocycles. The molecule has 2 heterocycles. The SMILES string of the molecule is CNS(=O)(=O)c1ccc2c(c1)-c1ncn(C)c1CN2Cc1ccc(C(F)(F)F)cc1. The van der Waals surface area contributed by atoms with Gasteiger partial charge in [-0.2, -0.15) is 13.2 Å². The summed E-state index contributed by atoms with van der Waals surface area (Å²) in [7, 11) is -0.438. The van der Waals surface area contributed by atoms with E-state index in [0.717, 1.165) is 23.5 Å². The highest BCUT2D eigenvalue weighted by Crippen LogP contribution is 2.40. The molecule has 3 aromatic rings. The third-order valence-corrected chi connectivity index (χ3v) is 6.61. The van der Waals surface area contributed by atoms with Crippen molar-refractivity contribution >= 4 is 15.7 Å². The van der Waals surface area contributed by atoms with Crippen LogP contribution in [0.1, 0.15) is 16.8 Å². The van der Waals surface area contributed by atoms with E-state index in [1.807, 2.05) is 16.5 Å². The number of hydrogen-bond donors (Lipinski definition) is 1. The number of imidazole rings is 1. The van der Waals surface area contributed by atoms with E-state index >= 15 is 0 Å². The number of benzene rings is 2. The van der Waals surface area contributed by atoms with Crippen LogP contribution in [-0.2, 0) is 36.3 Å². The molecule has 4 rings (SSSR count). The van der Waals surface area contributed by atoms with Crippen molar-refractivity contribution in [3.8, 4) is 11.3 Å². The van der Waals surface area contributed by atoms with Crippen molar-refractivity contribution in [1.29, 1.82) is 0 Å². The lowest BCUT2D eigenvalue weighted by molar-refractivity contribution is -0.137. The van der Waals surface area contributed by atoms with Gasteiger partial charge in [-0.05, 0) is 42.9 Å². The lowest BCUT2D eigenvalue weighted by atomic mass is 10.0. The Kier molecular flexibility index (Phi) is 4.86. The molecule has 0 fully saturated rings. The molecule has 1 aliphatic rings. The molecule has 0 saturated carbocycles. The number of aryl methyl sites for hydroxylation is 1. The van der Waals surface area contributed by atoms with Gasteiger partial charge in [0.25, 0.3) is 0 Å². The van der Waals surface area contributed by atoms with Crippen LogP contribution < -0.4 is 9.62 Å². The molecule has 30 heavy (non-hydrogen) atoms. The van der Waals surface area contributed by atoms with Crippen LogP contribution >= 0.6 is 0 Å². The van der Waals surface area contributed by atoms with Crippen molar-refractivity contribution in [2.75, 3.05) is 11.9 Å². The molecular weight excluding hydrogens is 417 g/mol. The number of alkyl halides is 3. The van der Waals surface area contributed by atoms with Gasteiger partial charge in [-0.3, -0.25) is 0 Å². The average Bonchev–Trinajstić information content (AvgIpc) is 3.08. The van der Waals surface area contributed by atoms with Gasteiger partial charge in [0.05, 0.1) is 34.7 Å². The fourth-order valence-electron chi connectivity index (χ4n) is 3.56. The molecule has 0 spiro atoms. The van der Waals surface area contributed by atoms with Crippen molar-refractivity contribution in [2.45, 2.75) is 24.2 Å². The van der Waals surface area contributed by atoms with Crippen molar-refractivity contribution in [3.05, 3.63) is 65.6 Å². The zero-order valence-electron chi connectivity index (χ0n) is 16.2. The molecule has 0 aliphatic carbocycles. The minimum absolute atomic E-state index is 0.122. The molecule has 1 aromatic heterocycles. The van der Waals surface area contributed by atoms with Gasteiger partial charge in [0.15, 0.2) is 0 Å². The maximum absolute atomic E-state index is 12.8. The Hall–Kier alpha value is -2.85. The first-order valence-corrected chi connectivity index (χ1v) is 10.6. The zero-order chi connectivity index (χ0) is 21.7. The third kappa shape index (κ3) is 3.56. The second-order valence-electron chi connectivity index (χ2n) is 7.09. The molecule has 1 N–H and O–H groups in total. The van der Waals surface area contributed by atoms with Crippen LogP contribution in [0, 0.1) is 0 Å². The Bertz CT molecular complexity index is 1200. The number of aromatic nitrogens is 2. The largest absolute Gasteiger partial charge is 0.416 e. The fraction of sp³-hybridized carbons (Fsp3) is 0.250. The summed E-state index contributed by atoms with van der Waals surface area (Å²) in [5, 5.41) is 0. The maximum Gasteiger partial charge on any atom is 0.416 e. The number of nitrogens with zero attached hydrogens (tertiary/aromatic N) is 3. The van der Waals surface area contributed by atoms with E-state index in [0.29, 0.717) is 29.9 Å². The maximum atomic E-state index is 12.8. The first kappa shape index (κ1) is 20.4. The summed E-state index contributed by atoms with van der Waals surface area (Å²) >= 11 is 0. The number of anilines is 1. The lowest BCUT2D eigenvalue weighted by Crippen LogP contribution is -2.27. The highest BCUT2D eigenvalue weighted by atomic mass is 32.2. The molecule has 10 heteroatoms. The predicted molar refractivity (Wildman–Crippen MR) is 106 cm³/mol. The van der Waals surface area contributed by atoms with E-state index in [-0.39, 0.29) is 4.90 Å². The normalized spacial score (nSPS) is 13.8. The van der Waals surface area contributed by atoms with Crippen molar-refractivity contribution < 1.29 is 21.6 Å². The molecule has 0 radical (unpaired) electrons. The Morgan fingerprint density at radius 3 is 2.47 bits per heavy atom. The van der Waals surface area contributed by atoms with Crippen molar-refractivity contribution in [2.24, 2.45) is 7.05 Å². The molecular formula is C20H19F3N4O2S. The van der Waals surface area contributed by atoms with Gasteiger partial charge in [0.1, 0.15) is 0 Å². The summed E-state index contributed by atoms with van der Waals surface area (Å²) < 4.78 is 67.2. The van der Waals surface area contributed by atoms with Gasteiger partial charge in [0, 0.05) is 24.8 Å². The van der Waals surface area contributed by atoms with Crippen molar-refractivity contribution in [3.63, 3.8) is 0 Å². The molecule has 0 amide bonds. The summed E-state index contributed by atoms with van der Waals surface area (Å²) in [6, 6.07) is 9.85. The van der Waals surface area contributed by atoms with Crippen LogP contribution in [0.2, 0.25) is 0 Å². The number of fused-ring (bicyclic) bond motifs is 3. The van der Waals surface area contributed by atoms with E-state index in [4.69, 9.17) is 0 Å². The van der Waals surface area contributed by atoms with Crippen LogP contribution in [0.25, 0.3) is 11.3 Å². The van der Waals surface area contributed by atoms with Gasteiger partial charge in [-0.15, -0.1) is 0 Å². The number of rotatable bonds is 4. The number of nitrogens with one attached hydrogen (secondary N) is 1. The van der Waals surface area contributed by atoms with Crippen LogP contribution in [0.3, 0.4) is 0 Å². The summed E-state index contributed by atoms with van der Waals surface area (Å²) in [6.07, 6.45) is -2.72. The molecule has 0 unspecified atom stereocenters. The molecule has 6 nitrogen and oxygen atoms in total. The van der Waals surface area contributed by atoms with Gasteiger partial charge < -0.3 is 9.47 Å². The molecule has 0 bridgehead atoms. The molecule has 2 aromatic carbocycles. The first-order valence-electron chi connectivity index (χ1n) is 9.09. The van der Waals surface area contributed by atoms with E-state index in [9.17, 15) is 21.6 Å². The molecule has 158 valence electrons. The van der Waals surface area contributed by atoms with Crippen molar-refractivity contribution in [1.82, 2.24) is 14.3 Å². The van der Waals surface area contributed by atoms with Gasteiger partial charge in [0.2, 0.25) is 10.0 Å². The highest BCUT2D eigenvalue weighted by Gasteiger charge is 2.31. The summed E-state index contributed by atoms with van der Waals surface area (Å²) in [5.74, 6) is 0. The topological polar surface area (TPSA) is 67.2 Å². The monoisotopic (exact) mass is 436 g/mol. The fourth-order valence-corrected chi connectivity index (χ4v) is 4.32. The summed E-state index contributed by atoms with van der Waals surface area (Å²) in [6.45, 7) is 0.867. The summed E-state index contributed by atoms with van der Waals surface area (Å²) in [5.41, 5.74) is 3.06. The van der Waals surface area contributed by atoms with E-state index in [1.165, 1.54) is 25.2 Å².